The Bertz CT molecular complexity index is 818. The van der Waals surface area contributed by atoms with Crippen LogP contribution >= 0.6 is 0 Å². The molecule has 360 valence electrons. The maximum atomic E-state index is 11.5. The second-order valence-electron chi connectivity index (χ2n) is 15.2. The molecule has 0 bridgehead atoms. The second kappa shape index (κ2) is 50.6. The third-order valence-corrected chi connectivity index (χ3v) is 8.50. The summed E-state index contributed by atoms with van der Waals surface area (Å²) in [7, 11) is 0. The number of carbonyl (C=O) groups is 1. The number of rotatable bonds is 52. The Morgan fingerprint density at radius 3 is 0.717 bits per heavy atom. The van der Waals surface area contributed by atoms with Gasteiger partial charge in [0, 0.05) is 6.61 Å². The van der Waals surface area contributed by atoms with Crippen LogP contribution in [0.4, 0.5) is 0 Å². The van der Waals surface area contributed by atoms with Gasteiger partial charge < -0.3 is 66.3 Å². The van der Waals surface area contributed by atoms with Crippen LogP contribution in [0.15, 0.2) is 0 Å². The van der Waals surface area contributed by atoms with Crippen molar-refractivity contribution in [2.75, 3.05) is 172 Å². The van der Waals surface area contributed by atoms with Crippen LogP contribution in [0.1, 0.15) is 111 Å². The van der Waals surface area contributed by atoms with Gasteiger partial charge in [-0.3, -0.25) is 0 Å². The average molecular weight is 871 g/mol. The van der Waals surface area contributed by atoms with E-state index < -0.39 is 5.60 Å². The third-order valence-electron chi connectivity index (χ3n) is 8.50. The number of unbranched alkanes of at least 4 members (excludes halogenated alkanes) is 12. The Labute approximate surface area is 365 Å². The van der Waals surface area contributed by atoms with E-state index in [1.165, 1.54) is 77.0 Å². The summed E-state index contributed by atoms with van der Waals surface area (Å²) in [4.78, 5) is 11.5. The molecule has 0 aromatic carbocycles. The molecule has 15 nitrogen and oxygen atoms in total. The fourth-order valence-electron chi connectivity index (χ4n) is 5.39. The summed E-state index contributed by atoms with van der Waals surface area (Å²) in [5.74, 6) is -0.386. The van der Waals surface area contributed by atoms with Crippen LogP contribution in [0.25, 0.3) is 0 Å². The summed E-state index contributed by atoms with van der Waals surface area (Å²) in [6, 6.07) is 0. The fourth-order valence-corrected chi connectivity index (χ4v) is 5.39. The molecule has 0 aliphatic rings. The van der Waals surface area contributed by atoms with E-state index in [0.29, 0.717) is 159 Å². The molecule has 0 fully saturated rings. The number of carbonyl (C=O) groups excluding carboxylic acids is 1. The highest BCUT2D eigenvalue weighted by molar-refractivity contribution is 5.71. The van der Waals surface area contributed by atoms with E-state index in [0.717, 1.165) is 13.0 Å². The zero-order chi connectivity index (χ0) is 43.6. The molecule has 0 amide bonds. The van der Waals surface area contributed by atoms with Crippen LogP contribution in [0.5, 0.6) is 0 Å². The van der Waals surface area contributed by atoms with Crippen molar-refractivity contribution in [3.8, 4) is 0 Å². The van der Waals surface area contributed by atoms with Crippen molar-refractivity contribution in [3.05, 3.63) is 0 Å². The molecule has 0 spiro atoms. The molecule has 0 saturated carbocycles. The minimum absolute atomic E-state index is 0.0835. The Kier molecular flexibility index (Phi) is 49.7. The molecule has 60 heavy (non-hydrogen) atoms. The van der Waals surface area contributed by atoms with E-state index >= 15 is 0 Å². The van der Waals surface area contributed by atoms with Crippen molar-refractivity contribution >= 4 is 5.97 Å². The maximum absolute atomic E-state index is 11.5. The first-order chi connectivity index (χ1) is 29.5. The molecule has 0 aliphatic heterocycles. The fraction of sp³-hybridized carbons (Fsp3) is 0.978. The minimum Gasteiger partial charge on any atom is -0.458 e. The lowest BCUT2D eigenvalue weighted by molar-refractivity contribution is -0.160. The van der Waals surface area contributed by atoms with Gasteiger partial charge in [0.2, 0.25) is 0 Å². The average Bonchev–Trinajstić information content (AvgIpc) is 3.22. The Hall–Kier alpha value is -1.05. The van der Waals surface area contributed by atoms with Crippen molar-refractivity contribution < 1.29 is 71.1 Å². The van der Waals surface area contributed by atoms with Crippen LogP contribution in [0.3, 0.4) is 0 Å². The van der Waals surface area contributed by atoms with Crippen molar-refractivity contribution in [2.24, 2.45) is 0 Å². The van der Waals surface area contributed by atoms with Gasteiger partial charge in [0.05, 0.1) is 159 Å². The lowest BCUT2D eigenvalue weighted by atomic mass is 10.0. The zero-order valence-electron chi connectivity index (χ0n) is 38.7. The van der Waals surface area contributed by atoms with E-state index in [2.05, 4.69) is 6.92 Å². The van der Waals surface area contributed by atoms with E-state index in [9.17, 15) is 4.79 Å². The lowest BCUT2D eigenvalue weighted by Gasteiger charge is -2.19. The molecule has 0 aromatic heterocycles. The van der Waals surface area contributed by atoms with Gasteiger partial charge in [0.1, 0.15) is 12.2 Å². The molecule has 0 atom stereocenters. The number of hydrogen-bond acceptors (Lipinski definition) is 15. The van der Waals surface area contributed by atoms with Crippen molar-refractivity contribution in [1.82, 2.24) is 0 Å². The van der Waals surface area contributed by atoms with Crippen LogP contribution < -0.4 is 0 Å². The Morgan fingerprint density at radius 1 is 0.283 bits per heavy atom. The normalized spacial score (nSPS) is 11.9. The van der Waals surface area contributed by atoms with E-state index in [-0.39, 0.29) is 12.6 Å². The number of hydrogen-bond donors (Lipinski definition) is 0. The first-order valence-corrected chi connectivity index (χ1v) is 23.2. The molecule has 0 radical (unpaired) electrons. The summed E-state index contributed by atoms with van der Waals surface area (Å²) in [5.41, 5.74) is -0.513. The van der Waals surface area contributed by atoms with Gasteiger partial charge in [-0.25, -0.2) is 4.79 Å². The monoisotopic (exact) mass is 871 g/mol. The second-order valence-corrected chi connectivity index (χ2v) is 15.2. The predicted octanol–water partition coefficient (Wildman–Crippen LogP) is 6.64. The molecule has 0 saturated heterocycles. The lowest BCUT2D eigenvalue weighted by Crippen LogP contribution is -2.27. The topological polar surface area (TPSA) is 146 Å². The summed E-state index contributed by atoms with van der Waals surface area (Å²) < 4.78 is 76.6. The van der Waals surface area contributed by atoms with Gasteiger partial charge in [0.15, 0.2) is 0 Å². The highest BCUT2D eigenvalue weighted by Crippen LogP contribution is 2.12. The summed E-state index contributed by atoms with van der Waals surface area (Å²) in [5, 5.41) is 0. The van der Waals surface area contributed by atoms with Gasteiger partial charge in [-0.15, -0.1) is 0 Å². The number of ether oxygens (including phenoxy) is 14. The van der Waals surface area contributed by atoms with Gasteiger partial charge in [-0.05, 0) is 27.2 Å². The largest absolute Gasteiger partial charge is 0.458 e. The van der Waals surface area contributed by atoms with Crippen LogP contribution in [0, 0.1) is 0 Å². The minimum atomic E-state index is -0.513. The molecular weight excluding hydrogens is 780 g/mol. The van der Waals surface area contributed by atoms with Crippen LogP contribution in [-0.2, 0) is 71.1 Å². The van der Waals surface area contributed by atoms with Crippen molar-refractivity contribution in [1.29, 1.82) is 0 Å². The molecule has 0 aliphatic carbocycles. The Morgan fingerprint density at radius 2 is 0.483 bits per heavy atom. The molecule has 0 heterocycles. The molecule has 0 N–H and O–H groups in total. The summed E-state index contributed by atoms with van der Waals surface area (Å²) in [6.07, 6.45) is 17.7. The highest BCUT2D eigenvalue weighted by Gasteiger charge is 2.15. The maximum Gasteiger partial charge on any atom is 0.332 e. The Balaban J connectivity index is 3.09. The van der Waals surface area contributed by atoms with Crippen molar-refractivity contribution in [2.45, 2.75) is 117 Å². The van der Waals surface area contributed by atoms with Gasteiger partial charge >= 0.3 is 5.97 Å². The van der Waals surface area contributed by atoms with E-state index in [1.807, 2.05) is 20.8 Å². The zero-order valence-corrected chi connectivity index (χ0v) is 38.7. The highest BCUT2D eigenvalue weighted by atomic mass is 16.6. The first-order valence-electron chi connectivity index (χ1n) is 23.2. The van der Waals surface area contributed by atoms with Gasteiger partial charge in [0.25, 0.3) is 0 Å². The van der Waals surface area contributed by atoms with E-state index in [4.69, 9.17) is 66.3 Å². The molecule has 0 aromatic rings. The molecule has 0 rings (SSSR count). The first kappa shape index (κ1) is 58.9. The third kappa shape index (κ3) is 55.0. The quantitative estimate of drug-likeness (QED) is 0.0476. The van der Waals surface area contributed by atoms with Crippen molar-refractivity contribution in [3.63, 3.8) is 0 Å². The summed E-state index contributed by atoms with van der Waals surface area (Å²) in [6.45, 7) is 20.5. The molecular formula is C45H90O15. The van der Waals surface area contributed by atoms with Crippen LogP contribution in [0.2, 0.25) is 0 Å². The SMILES string of the molecule is CCCCCCCCCCCCCCCOCCOCCOCCOCCOCCOCCOCCOCCOCCOCCOCCOCCOCC(=O)OC(C)(C)C. The standard InChI is InChI=1S/C45H90O15/c1-5-6-7-8-9-10-11-12-13-14-15-16-17-18-47-19-20-48-21-22-49-23-24-50-25-26-51-27-28-52-29-30-53-31-32-54-33-34-55-35-36-56-37-38-57-39-40-58-41-42-59-43-44(46)60-45(2,3)4/h5-43H2,1-4H3. The predicted molar refractivity (Wildman–Crippen MR) is 232 cm³/mol. The van der Waals surface area contributed by atoms with E-state index in [1.54, 1.807) is 0 Å². The summed E-state index contributed by atoms with van der Waals surface area (Å²) >= 11 is 0. The molecule has 15 heteroatoms. The van der Waals surface area contributed by atoms with Gasteiger partial charge in [-0.1, -0.05) is 84.0 Å². The smallest absolute Gasteiger partial charge is 0.332 e. The number of esters is 1. The van der Waals surface area contributed by atoms with Gasteiger partial charge in [-0.2, -0.15) is 0 Å². The molecule has 0 unspecified atom stereocenters. The van der Waals surface area contributed by atoms with Crippen LogP contribution in [-0.4, -0.2) is 183 Å².